The second-order valence-electron chi connectivity index (χ2n) is 6.37. The Bertz CT molecular complexity index is 1130. The molecule has 28 heavy (non-hydrogen) atoms. The average Bonchev–Trinajstić information content (AvgIpc) is 2.66. The molecule has 144 valence electrons. The number of rotatable bonds is 5. The quantitative estimate of drug-likeness (QED) is 0.215. The van der Waals surface area contributed by atoms with Gasteiger partial charge in [-0.25, -0.2) is 9.59 Å². The fraction of sp³-hybridized carbons (Fsp3) is 0.200. The van der Waals surface area contributed by atoms with Gasteiger partial charge in [0.05, 0.1) is 17.6 Å². The van der Waals surface area contributed by atoms with Crippen LogP contribution in [0.3, 0.4) is 0 Å². The lowest BCUT2D eigenvalue weighted by Gasteiger charge is -2.10. The number of hydrogen-bond acceptors (Lipinski definition) is 7. The van der Waals surface area contributed by atoms with Crippen molar-refractivity contribution in [3.8, 4) is 11.5 Å². The van der Waals surface area contributed by atoms with Crippen molar-refractivity contribution >= 4 is 22.6 Å². The zero-order valence-electron chi connectivity index (χ0n) is 15.4. The smallest absolute Gasteiger partial charge is 0.343 e. The van der Waals surface area contributed by atoms with Gasteiger partial charge in [0.25, 0.3) is 0 Å². The minimum Gasteiger partial charge on any atom is -0.490 e. The predicted octanol–water partition coefficient (Wildman–Crippen LogP) is 4.05. The molecule has 0 radical (unpaired) electrons. The molecule has 0 aliphatic heterocycles. The summed E-state index contributed by atoms with van der Waals surface area (Å²) in [6, 6.07) is 9.93. The third-order valence-electron chi connectivity index (χ3n) is 4.19. The Morgan fingerprint density at radius 2 is 1.89 bits per heavy atom. The van der Waals surface area contributed by atoms with E-state index in [2.05, 4.69) is 0 Å². The standard InChI is InChI=1S/C20H17NO7/c1-11(2)15-10-19(22)28-18-9-13(5-6-14(15)18)27-20(23)12-4-7-17(26-3)16(8-12)21(24)25/h4-11H,1-3H3. The fourth-order valence-corrected chi connectivity index (χ4v) is 2.83. The number of esters is 1. The number of carbonyl (C=O) groups is 1. The Labute approximate surface area is 159 Å². The first-order chi connectivity index (χ1) is 13.3. The van der Waals surface area contributed by atoms with Crippen molar-refractivity contribution in [2.24, 2.45) is 0 Å². The summed E-state index contributed by atoms with van der Waals surface area (Å²) in [5, 5.41) is 11.9. The summed E-state index contributed by atoms with van der Waals surface area (Å²) in [4.78, 5) is 34.6. The molecule has 0 N–H and O–H groups in total. The van der Waals surface area contributed by atoms with Gasteiger partial charge < -0.3 is 13.9 Å². The lowest BCUT2D eigenvalue weighted by Crippen LogP contribution is -2.09. The maximum atomic E-state index is 12.4. The van der Waals surface area contributed by atoms with Crippen molar-refractivity contribution < 1.29 is 23.6 Å². The third-order valence-corrected chi connectivity index (χ3v) is 4.19. The van der Waals surface area contributed by atoms with Gasteiger partial charge in [0, 0.05) is 23.6 Å². The van der Waals surface area contributed by atoms with Gasteiger partial charge in [0.2, 0.25) is 0 Å². The van der Waals surface area contributed by atoms with Gasteiger partial charge in [-0.15, -0.1) is 0 Å². The molecule has 0 fully saturated rings. The summed E-state index contributed by atoms with van der Waals surface area (Å²) in [5.74, 6) is -0.484. The van der Waals surface area contributed by atoms with Gasteiger partial charge in [0.1, 0.15) is 11.3 Å². The lowest BCUT2D eigenvalue weighted by atomic mass is 10.00. The van der Waals surface area contributed by atoms with Crippen LogP contribution in [-0.4, -0.2) is 18.0 Å². The number of nitrogens with zero attached hydrogens (tertiary/aromatic N) is 1. The van der Waals surface area contributed by atoms with Crippen molar-refractivity contribution in [3.05, 3.63) is 74.1 Å². The highest BCUT2D eigenvalue weighted by Gasteiger charge is 2.20. The first-order valence-electron chi connectivity index (χ1n) is 8.42. The molecule has 1 aromatic heterocycles. The molecule has 8 nitrogen and oxygen atoms in total. The van der Waals surface area contributed by atoms with E-state index in [1.807, 2.05) is 13.8 Å². The number of nitro groups is 1. The SMILES string of the molecule is COc1ccc(C(=O)Oc2ccc3c(C(C)C)cc(=O)oc3c2)cc1[N+](=O)[O-]. The van der Waals surface area contributed by atoms with Crippen LogP contribution in [0.4, 0.5) is 5.69 Å². The molecule has 0 amide bonds. The number of methoxy groups -OCH3 is 1. The van der Waals surface area contributed by atoms with Crippen LogP contribution in [0.25, 0.3) is 11.0 Å². The highest BCUT2D eigenvalue weighted by atomic mass is 16.6. The van der Waals surface area contributed by atoms with E-state index in [1.165, 1.54) is 31.4 Å². The summed E-state index contributed by atoms with van der Waals surface area (Å²) in [5.41, 5.74) is 0.274. The van der Waals surface area contributed by atoms with Crippen molar-refractivity contribution in [1.29, 1.82) is 0 Å². The van der Waals surface area contributed by atoms with Crippen LogP contribution in [0.5, 0.6) is 11.5 Å². The predicted molar refractivity (Wildman–Crippen MR) is 101 cm³/mol. The van der Waals surface area contributed by atoms with E-state index in [0.29, 0.717) is 5.58 Å². The number of hydrogen-bond donors (Lipinski definition) is 0. The van der Waals surface area contributed by atoms with E-state index < -0.39 is 16.5 Å². The van der Waals surface area contributed by atoms with E-state index in [9.17, 15) is 19.7 Å². The maximum Gasteiger partial charge on any atom is 0.343 e. The van der Waals surface area contributed by atoms with Crippen LogP contribution < -0.4 is 15.1 Å². The third kappa shape index (κ3) is 3.71. The molecule has 0 atom stereocenters. The largest absolute Gasteiger partial charge is 0.490 e. The summed E-state index contributed by atoms with van der Waals surface area (Å²) in [7, 11) is 1.30. The fourth-order valence-electron chi connectivity index (χ4n) is 2.83. The van der Waals surface area contributed by atoms with Crippen molar-refractivity contribution in [2.75, 3.05) is 7.11 Å². The van der Waals surface area contributed by atoms with Gasteiger partial charge in [0.15, 0.2) is 5.75 Å². The van der Waals surface area contributed by atoms with E-state index >= 15 is 0 Å². The van der Waals surface area contributed by atoms with E-state index in [-0.39, 0.29) is 28.7 Å². The first-order valence-corrected chi connectivity index (χ1v) is 8.42. The Kier molecular flexibility index (Phi) is 5.12. The van der Waals surface area contributed by atoms with Crippen LogP contribution in [0.15, 0.2) is 51.7 Å². The minimum absolute atomic E-state index is 0.00928. The Morgan fingerprint density at radius 1 is 1.14 bits per heavy atom. The lowest BCUT2D eigenvalue weighted by molar-refractivity contribution is -0.385. The molecule has 0 unspecified atom stereocenters. The van der Waals surface area contributed by atoms with Gasteiger partial charge >= 0.3 is 17.3 Å². The van der Waals surface area contributed by atoms with E-state index in [0.717, 1.165) is 17.0 Å². The molecule has 0 aliphatic rings. The summed E-state index contributed by atoms with van der Waals surface area (Å²) in [6.45, 7) is 3.91. The summed E-state index contributed by atoms with van der Waals surface area (Å²) < 4.78 is 15.4. The Hall–Kier alpha value is -3.68. The van der Waals surface area contributed by atoms with E-state index in [1.54, 1.807) is 12.1 Å². The highest BCUT2D eigenvalue weighted by Crippen LogP contribution is 2.29. The topological polar surface area (TPSA) is 109 Å². The number of benzene rings is 2. The first kappa shape index (κ1) is 19.1. The van der Waals surface area contributed by atoms with Crippen molar-refractivity contribution in [2.45, 2.75) is 19.8 Å². The minimum atomic E-state index is -0.785. The molecule has 8 heteroatoms. The second-order valence-corrected chi connectivity index (χ2v) is 6.37. The average molecular weight is 383 g/mol. The molecule has 0 spiro atoms. The van der Waals surface area contributed by atoms with Crippen LogP contribution in [0, 0.1) is 10.1 Å². The summed E-state index contributed by atoms with van der Waals surface area (Å²) in [6.07, 6.45) is 0. The number of fused-ring (bicyclic) bond motifs is 1. The number of carbonyl (C=O) groups excluding carboxylic acids is 1. The van der Waals surface area contributed by atoms with E-state index in [4.69, 9.17) is 13.9 Å². The van der Waals surface area contributed by atoms with Crippen LogP contribution in [0.1, 0.15) is 35.7 Å². The monoisotopic (exact) mass is 383 g/mol. The van der Waals surface area contributed by atoms with Gasteiger partial charge in [-0.05, 0) is 35.7 Å². The molecular formula is C20H17NO7. The van der Waals surface area contributed by atoms with Crippen molar-refractivity contribution in [1.82, 2.24) is 0 Å². The van der Waals surface area contributed by atoms with Crippen molar-refractivity contribution in [3.63, 3.8) is 0 Å². The zero-order valence-corrected chi connectivity index (χ0v) is 15.4. The van der Waals surface area contributed by atoms with Gasteiger partial charge in [-0.2, -0.15) is 0 Å². The molecule has 0 saturated heterocycles. The van der Waals surface area contributed by atoms with Gasteiger partial charge in [-0.3, -0.25) is 10.1 Å². The Balaban J connectivity index is 1.94. The van der Waals surface area contributed by atoms with Crippen LogP contribution >= 0.6 is 0 Å². The molecule has 3 rings (SSSR count). The maximum absolute atomic E-state index is 12.4. The number of ether oxygens (including phenoxy) is 2. The van der Waals surface area contributed by atoms with Gasteiger partial charge in [-0.1, -0.05) is 13.8 Å². The molecule has 0 aliphatic carbocycles. The zero-order chi connectivity index (χ0) is 20.4. The molecule has 3 aromatic rings. The summed E-state index contributed by atoms with van der Waals surface area (Å²) >= 11 is 0. The highest BCUT2D eigenvalue weighted by molar-refractivity contribution is 5.93. The van der Waals surface area contributed by atoms with Crippen LogP contribution in [0.2, 0.25) is 0 Å². The Morgan fingerprint density at radius 3 is 2.54 bits per heavy atom. The van der Waals surface area contributed by atoms with Crippen LogP contribution in [-0.2, 0) is 0 Å². The molecule has 0 bridgehead atoms. The number of nitro benzene ring substituents is 1. The molecule has 2 aromatic carbocycles. The normalized spacial score (nSPS) is 10.9. The molecule has 1 heterocycles. The molecular weight excluding hydrogens is 366 g/mol. The molecule has 0 saturated carbocycles. The second kappa shape index (κ2) is 7.51.